The predicted octanol–water partition coefficient (Wildman–Crippen LogP) is 3.84. The number of hydrogen-bond acceptors (Lipinski definition) is 3. The van der Waals surface area contributed by atoms with E-state index in [9.17, 15) is 4.79 Å². The third-order valence-electron chi connectivity index (χ3n) is 4.54. The zero-order chi connectivity index (χ0) is 16.8. The molecule has 0 amide bonds. The van der Waals surface area contributed by atoms with Crippen LogP contribution in [-0.4, -0.2) is 48.3 Å². The van der Waals surface area contributed by atoms with Gasteiger partial charge in [-0.3, -0.25) is 9.69 Å². The van der Waals surface area contributed by atoms with Crippen LogP contribution in [0.5, 0.6) is 0 Å². The van der Waals surface area contributed by atoms with E-state index in [1.54, 1.807) is 0 Å². The minimum atomic E-state index is 0.217. The molecule has 1 fully saturated rings. The molecule has 126 valence electrons. The van der Waals surface area contributed by atoms with Gasteiger partial charge in [-0.15, -0.1) is 0 Å². The summed E-state index contributed by atoms with van der Waals surface area (Å²) in [6.07, 6.45) is 0.585. The highest BCUT2D eigenvalue weighted by molar-refractivity contribution is 9.10. The number of rotatable bonds is 6. The van der Waals surface area contributed by atoms with Crippen molar-refractivity contribution in [3.63, 3.8) is 0 Å². The average Bonchev–Trinajstić information content (AvgIpc) is 2.62. The van der Waals surface area contributed by atoms with Crippen LogP contribution in [0, 0.1) is 0 Å². The molecule has 1 heterocycles. The van der Waals surface area contributed by atoms with Gasteiger partial charge < -0.3 is 4.90 Å². The summed E-state index contributed by atoms with van der Waals surface area (Å²) < 4.78 is 0.891. The fourth-order valence-electron chi connectivity index (χ4n) is 3.09. The lowest BCUT2D eigenvalue weighted by atomic mass is 10.1. The van der Waals surface area contributed by atoms with E-state index in [1.807, 2.05) is 24.3 Å². The van der Waals surface area contributed by atoms with Gasteiger partial charge in [0.1, 0.15) is 0 Å². The zero-order valence-electron chi connectivity index (χ0n) is 13.8. The normalized spacial score (nSPS) is 16.2. The second kappa shape index (κ2) is 8.56. The zero-order valence-corrected chi connectivity index (χ0v) is 15.4. The number of nitrogens with zero attached hydrogens (tertiary/aromatic N) is 2. The van der Waals surface area contributed by atoms with Crippen LogP contribution in [0.2, 0.25) is 0 Å². The number of halogens is 1. The van der Waals surface area contributed by atoms with E-state index in [4.69, 9.17) is 0 Å². The molecule has 1 saturated heterocycles. The maximum Gasteiger partial charge on any atom is 0.165 e. The number of benzene rings is 2. The summed E-state index contributed by atoms with van der Waals surface area (Å²) in [6, 6.07) is 18.3. The molecule has 0 saturated carbocycles. The standard InChI is InChI=1S/C20H23BrN2O/c21-19-9-5-4-8-18(19)20(24)10-11-22-12-14-23(15-13-22)16-17-6-2-1-3-7-17/h1-9H,10-16H2. The summed E-state index contributed by atoms with van der Waals surface area (Å²) in [4.78, 5) is 17.2. The third-order valence-corrected chi connectivity index (χ3v) is 5.23. The molecule has 0 unspecified atom stereocenters. The number of ketones is 1. The van der Waals surface area contributed by atoms with Crippen molar-refractivity contribution >= 4 is 21.7 Å². The van der Waals surface area contributed by atoms with Crippen molar-refractivity contribution in [2.24, 2.45) is 0 Å². The van der Waals surface area contributed by atoms with Crippen LogP contribution < -0.4 is 0 Å². The molecule has 0 N–H and O–H groups in total. The Kier molecular flexibility index (Phi) is 6.18. The molecule has 0 aromatic heterocycles. The van der Waals surface area contributed by atoms with Gasteiger partial charge in [0.05, 0.1) is 0 Å². The lowest BCUT2D eigenvalue weighted by molar-refractivity contribution is 0.0922. The third kappa shape index (κ3) is 4.76. The molecule has 4 heteroatoms. The van der Waals surface area contributed by atoms with Crippen molar-refractivity contribution in [1.82, 2.24) is 9.80 Å². The summed E-state index contributed by atoms with van der Waals surface area (Å²) in [5, 5.41) is 0. The molecular formula is C20H23BrN2O. The van der Waals surface area contributed by atoms with Crippen LogP contribution in [-0.2, 0) is 6.54 Å². The van der Waals surface area contributed by atoms with E-state index in [-0.39, 0.29) is 5.78 Å². The first kappa shape index (κ1) is 17.3. The Morgan fingerprint density at radius 2 is 1.50 bits per heavy atom. The Balaban J connectivity index is 1.43. The summed E-state index contributed by atoms with van der Waals surface area (Å²) in [5.74, 6) is 0.217. The molecule has 0 radical (unpaired) electrons. The van der Waals surface area contributed by atoms with E-state index in [2.05, 4.69) is 56.1 Å². The molecule has 0 bridgehead atoms. The highest BCUT2D eigenvalue weighted by Crippen LogP contribution is 2.18. The van der Waals surface area contributed by atoms with Gasteiger partial charge in [0, 0.05) is 55.7 Å². The Bertz CT molecular complexity index is 666. The Labute approximate surface area is 152 Å². The van der Waals surface area contributed by atoms with E-state index < -0.39 is 0 Å². The van der Waals surface area contributed by atoms with Crippen LogP contribution in [0.3, 0.4) is 0 Å². The average molecular weight is 387 g/mol. The van der Waals surface area contributed by atoms with Crippen molar-refractivity contribution in [1.29, 1.82) is 0 Å². The van der Waals surface area contributed by atoms with E-state index in [1.165, 1.54) is 5.56 Å². The smallest absolute Gasteiger partial charge is 0.165 e. The largest absolute Gasteiger partial charge is 0.300 e. The second-order valence-corrected chi connectivity index (χ2v) is 7.11. The molecule has 1 aliphatic rings. The van der Waals surface area contributed by atoms with Gasteiger partial charge in [-0.05, 0) is 11.6 Å². The number of hydrogen-bond donors (Lipinski definition) is 0. The SMILES string of the molecule is O=C(CCN1CCN(Cc2ccccc2)CC1)c1ccccc1Br. The number of carbonyl (C=O) groups is 1. The first-order valence-corrected chi connectivity index (χ1v) is 9.28. The predicted molar refractivity (Wildman–Crippen MR) is 101 cm³/mol. The Morgan fingerprint density at radius 3 is 2.21 bits per heavy atom. The molecule has 2 aromatic carbocycles. The maximum absolute atomic E-state index is 12.3. The van der Waals surface area contributed by atoms with Gasteiger partial charge in [0.25, 0.3) is 0 Å². The van der Waals surface area contributed by atoms with Gasteiger partial charge in [-0.2, -0.15) is 0 Å². The van der Waals surface area contributed by atoms with Crippen molar-refractivity contribution < 1.29 is 4.79 Å². The summed E-state index contributed by atoms with van der Waals surface area (Å²) in [5.41, 5.74) is 2.16. The van der Waals surface area contributed by atoms with Gasteiger partial charge >= 0.3 is 0 Å². The monoisotopic (exact) mass is 386 g/mol. The molecule has 3 rings (SSSR count). The van der Waals surface area contributed by atoms with Gasteiger partial charge in [-0.1, -0.05) is 64.5 Å². The molecule has 1 aliphatic heterocycles. The van der Waals surface area contributed by atoms with Crippen LogP contribution >= 0.6 is 15.9 Å². The highest BCUT2D eigenvalue weighted by atomic mass is 79.9. The van der Waals surface area contributed by atoms with Gasteiger partial charge in [-0.25, -0.2) is 0 Å². The molecule has 24 heavy (non-hydrogen) atoms. The first-order valence-electron chi connectivity index (χ1n) is 8.49. The van der Waals surface area contributed by atoms with Crippen LogP contribution in [0.1, 0.15) is 22.3 Å². The van der Waals surface area contributed by atoms with Crippen LogP contribution in [0.4, 0.5) is 0 Å². The molecule has 0 spiro atoms. The minimum absolute atomic E-state index is 0.217. The van der Waals surface area contributed by atoms with Gasteiger partial charge in [0.2, 0.25) is 0 Å². The lowest BCUT2D eigenvalue weighted by Gasteiger charge is -2.34. The topological polar surface area (TPSA) is 23.6 Å². The molecule has 2 aromatic rings. The Morgan fingerprint density at radius 1 is 0.875 bits per heavy atom. The van der Waals surface area contributed by atoms with Crippen LogP contribution in [0.15, 0.2) is 59.1 Å². The summed E-state index contributed by atoms with van der Waals surface area (Å²) in [6.45, 7) is 6.08. The van der Waals surface area contributed by atoms with E-state index >= 15 is 0 Å². The van der Waals surface area contributed by atoms with Gasteiger partial charge in [0.15, 0.2) is 5.78 Å². The fraction of sp³-hybridized carbons (Fsp3) is 0.350. The quantitative estimate of drug-likeness (QED) is 0.704. The van der Waals surface area contributed by atoms with Crippen LogP contribution in [0.25, 0.3) is 0 Å². The molecule has 0 aliphatic carbocycles. The lowest BCUT2D eigenvalue weighted by Crippen LogP contribution is -2.46. The van der Waals surface area contributed by atoms with Crippen molar-refractivity contribution in [2.45, 2.75) is 13.0 Å². The van der Waals surface area contributed by atoms with E-state index in [0.29, 0.717) is 6.42 Å². The van der Waals surface area contributed by atoms with E-state index in [0.717, 1.165) is 49.3 Å². The highest BCUT2D eigenvalue weighted by Gasteiger charge is 2.18. The molecule has 0 atom stereocenters. The maximum atomic E-state index is 12.3. The minimum Gasteiger partial charge on any atom is -0.300 e. The number of carbonyl (C=O) groups excluding carboxylic acids is 1. The number of piperazine rings is 1. The molecule has 3 nitrogen and oxygen atoms in total. The van der Waals surface area contributed by atoms with Crippen molar-refractivity contribution in [2.75, 3.05) is 32.7 Å². The van der Waals surface area contributed by atoms with Crippen molar-refractivity contribution in [3.8, 4) is 0 Å². The molecular weight excluding hydrogens is 364 g/mol. The first-order chi connectivity index (χ1) is 11.7. The Hall–Kier alpha value is -1.49. The summed E-state index contributed by atoms with van der Waals surface area (Å²) in [7, 11) is 0. The summed E-state index contributed by atoms with van der Waals surface area (Å²) >= 11 is 3.46. The second-order valence-electron chi connectivity index (χ2n) is 6.26. The fourth-order valence-corrected chi connectivity index (χ4v) is 3.60. The van der Waals surface area contributed by atoms with Crippen molar-refractivity contribution in [3.05, 3.63) is 70.2 Å². The number of Topliss-reactive ketones (excluding diaryl/α,β-unsaturated/α-hetero) is 1.